The van der Waals surface area contributed by atoms with Gasteiger partial charge in [0.05, 0.1) is 39.0 Å². The second-order valence-corrected chi connectivity index (χ2v) is 5.48. The van der Waals surface area contributed by atoms with Gasteiger partial charge in [0.25, 0.3) is 0 Å². The zero-order valence-corrected chi connectivity index (χ0v) is 13.5. The van der Waals surface area contributed by atoms with Gasteiger partial charge in [-0.3, -0.25) is 9.78 Å². The van der Waals surface area contributed by atoms with E-state index < -0.39 is 0 Å². The van der Waals surface area contributed by atoms with Gasteiger partial charge in [-0.15, -0.1) is 0 Å². The van der Waals surface area contributed by atoms with E-state index in [0.29, 0.717) is 37.7 Å². The van der Waals surface area contributed by atoms with E-state index in [1.807, 2.05) is 30.3 Å². The summed E-state index contributed by atoms with van der Waals surface area (Å²) in [6.45, 7) is 1.61. The maximum absolute atomic E-state index is 12.1. The molecule has 1 saturated heterocycles. The van der Waals surface area contributed by atoms with E-state index in [2.05, 4.69) is 10.3 Å². The molecule has 2 aromatic rings. The fraction of sp³-hybridized carbons (Fsp3) is 0.333. The fourth-order valence-electron chi connectivity index (χ4n) is 2.37. The summed E-state index contributed by atoms with van der Waals surface area (Å²) in [7, 11) is 1.58. The van der Waals surface area contributed by atoms with Crippen molar-refractivity contribution in [2.75, 3.05) is 32.2 Å². The molecule has 0 radical (unpaired) electrons. The Morgan fingerprint density at radius 2 is 2.04 bits per heavy atom. The van der Waals surface area contributed by atoms with Gasteiger partial charge in [-0.1, -0.05) is 6.07 Å². The molecule has 0 bridgehead atoms. The van der Waals surface area contributed by atoms with Crippen molar-refractivity contribution in [2.24, 2.45) is 0 Å². The number of nitrogens with one attached hydrogen (secondary N) is 1. The molecule has 2 heterocycles. The normalized spacial score (nSPS) is 14.0. The molecule has 1 aliphatic rings. The second kappa shape index (κ2) is 7.90. The summed E-state index contributed by atoms with van der Waals surface area (Å²) in [5, 5.41) is 2.89. The van der Waals surface area contributed by atoms with E-state index in [-0.39, 0.29) is 12.0 Å². The molecule has 6 nitrogen and oxygen atoms in total. The average Bonchev–Trinajstić information content (AvgIpc) is 2.58. The number of pyridine rings is 1. The zero-order chi connectivity index (χ0) is 16.8. The Kier molecular flexibility index (Phi) is 5.40. The minimum atomic E-state index is -0.111. The first-order valence-electron chi connectivity index (χ1n) is 7.84. The summed E-state index contributed by atoms with van der Waals surface area (Å²) < 4.78 is 15.9. The number of hydrogen-bond donors (Lipinski definition) is 1. The Morgan fingerprint density at radius 3 is 2.71 bits per heavy atom. The summed E-state index contributed by atoms with van der Waals surface area (Å²) in [5.41, 5.74) is 2.65. The van der Waals surface area contributed by atoms with Crippen LogP contribution in [0, 0.1) is 0 Å². The van der Waals surface area contributed by atoms with E-state index in [0.717, 1.165) is 11.1 Å². The first kappa shape index (κ1) is 16.4. The zero-order valence-electron chi connectivity index (χ0n) is 13.5. The molecule has 0 saturated carbocycles. The van der Waals surface area contributed by atoms with Gasteiger partial charge in [0.2, 0.25) is 5.91 Å². The Bertz CT molecular complexity index is 687. The molecule has 0 spiro atoms. The number of nitrogens with zero attached hydrogens (tertiary/aromatic N) is 1. The number of aromatic nitrogens is 1. The van der Waals surface area contributed by atoms with E-state index in [1.54, 1.807) is 19.5 Å². The minimum absolute atomic E-state index is 0.111. The van der Waals surface area contributed by atoms with Crippen LogP contribution in [0.4, 0.5) is 5.69 Å². The standard InChI is InChI=1S/C18H20N2O4/c1-22-17-3-2-14(13-4-7-19-8-5-13)10-16(17)20-18(21)6-9-24-15-11-23-12-15/h2-5,7-8,10,15H,6,9,11-12H2,1H3,(H,20,21). The molecule has 1 aromatic carbocycles. The van der Waals surface area contributed by atoms with Gasteiger partial charge in [-0.2, -0.15) is 0 Å². The van der Waals surface area contributed by atoms with Crippen LogP contribution >= 0.6 is 0 Å². The topological polar surface area (TPSA) is 69.7 Å². The summed E-state index contributed by atoms with van der Waals surface area (Å²) in [4.78, 5) is 16.1. The van der Waals surface area contributed by atoms with Gasteiger partial charge in [0, 0.05) is 12.4 Å². The third-order valence-corrected chi connectivity index (χ3v) is 3.78. The average molecular weight is 328 g/mol. The lowest BCUT2D eigenvalue weighted by Crippen LogP contribution is -2.36. The van der Waals surface area contributed by atoms with E-state index in [1.165, 1.54) is 0 Å². The highest BCUT2D eigenvalue weighted by molar-refractivity contribution is 5.93. The third kappa shape index (κ3) is 4.10. The molecule has 1 aromatic heterocycles. The Balaban J connectivity index is 1.65. The predicted molar refractivity (Wildman–Crippen MR) is 90.0 cm³/mol. The van der Waals surface area contributed by atoms with Gasteiger partial charge < -0.3 is 19.5 Å². The van der Waals surface area contributed by atoms with Gasteiger partial charge in [-0.05, 0) is 35.4 Å². The van der Waals surface area contributed by atoms with Crippen LogP contribution in [0.5, 0.6) is 5.75 Å². The van der Waals surface area contributed by atoms with Crippen LogP contribution in [0.15, 0.2) is 42.7 Å². The third-order valence-electron chi connectivity index (χ3n) is 3.78. The molecule has 0 unspecified atom stereocenters. The van der Waals surface area contributed by atoms with Crippen LogP contribution in [-0.2, 0) is 14.3 Å². The molecule has 1 aliphatic heterocycles. The van der Waals surface area contributed by atoms with Gasteiger partial charge in [0.1, 0.15) is 11.9 Å². The van der Waals surface area contributed by atoms with Crippen molar-refractivity contribution in [3.63, 3.8) is 0 Å². The largest absolute Gasteiger partial charge is 0.495 e. The number of carbonyl (C=O) groups is 1. The molecule has 0 aliphatic carbocycles. The number of amides is 1. The lowest BCUT2D eigenvalue weighted by Gasteiger charge is -2.25. The summed E-state index contributed by atoms with van der Waals surface area (Å²) in [6, 6.07) is 9.52. The Morgan fingerprint density at radius 1 is 1.25 bits per heavy atom. The second-order valence-electron chi connectivity index (χ2n) is 5.48. The first-order chi connectivity index (χ1) is 11.8. The van der Waals surface area contributed by atoms with Gasteiger partial charge >= 0.3 is 0 Å². The van der Waals surface area contributed by atoms with Crippen LogP contribution in [0.2, 0.25) is 0 Å². The number of hydrogen-bond acceptors (Lipinski definition) is 5. The van der Waals surface area contributed by atoms with E-state index in [4.69, 9.17) is 14.2 Å². The molecule has 1 fully saturated rings. The first-order valence-corrected chi connectivity index (χ1v) is 7.84. The number of carbonyl (C=O) groups excluding carboxylic acids is 1. The van der Waals surface area contributed by atoms with Crippen LogP contribution in [0.1, 0.15) is 6.42 Å². The molecule has 24 heavy (non-hydrogen) atoms. The minimum Gasteiger partial charge on any atom is -0.495 e. The van der Waals surface area contributed by atoms with Crippen molar-refractivity contribution in [2.45, 2.75) is 12.5 Å². The highest BCUT2D eigenvalue weighted by atomic mass is 16.6. The van der Waals surface area contributed by atoms with E-state index in [9.17, 15) is 4.79 Å². The highest BCUT2D eigenvalue weighted by Gasteiger charge is 2.19. The Hall–Kier alpha value is -2.44. The molecule has 1 N–H and O–H groups in total. The summed E-state index contributed by atoms with van der Waals surface area (Å²) in [6.07, 6.45) is 3.89. The quantitative estimate of drug-likeness (QED) is 0.846. The van der Waals surface area contributed by atoms with Crippen LogP contribution in [0.25, 0.3) is 11.1 Å². The van der Waals surface area contributed by atoms with Crippen molar-refractivity contribution in [1.29, 1.82) is 0 Å². The molecule has 6 heteroatoms. The molecule has 0 atom stereocenters. The smallest absolute Gasteiger partial charge is 0.226 e. The lowest BCUT2D eigenvalue weighted by molar-refractivity contribution is -0.135. The van der Waals surface area contributed by atoms with E-state index >= 15 is 0 Å². The number of ether oxygens (including phenoxy) is 3. The monoisotopic (exact) mass is 328 g/mol. The number of methoxy groups -OCH3 is 1. The molecule has 126 valence electrons. The molecular formula is C18H20N2O4. The van der Waals surface area contributed by atoms with Crippen molar-refractivity contribution in [3.8, 4) is 16.9 Å². The summed E-state index contributed by atoms with van der Waals surface area (Å²) in [5.74, 6) is 0.509. The number of rotatable bonds is 7. The van der Waals surface area contributed by atoms with Crippen LogP contribution in [0.3, 0.4) is 0 Å². The van der Waals surface area contributed by atoms with Crippen molar-refractivity contribution < 1.29 is 19.0 Å². The molecule has 1 amide bonds. The maximum Gasteiger partial charge on any atom is 0.226 e. The molecular weight excluding hydrogens is 308 g/mol. The van der Waals surface area contributed by atoms with Gasteiger partial charge in [-0.25, -0.2) is 0 Å². The van der Waals surface area contributed by atoms with Crippen molar-refractivity contribution >= 4 is 11.6 Å². The van der Waals surface area contributed by atoms with Crippen molar-refractivity contribution in [3.05, 3.63) is 42.7 Å². The molecule has 3 rings (SSSR count). The van der Waals surface area contributed by atoms with Gasteiger partial charge in [0.15, 0.2) is 0 Å². The summed E-state index contributed by atoms with van der Waals surface area (Å²) >= 11 is 0. The predicted octanol–water partition coefficient (Wildman–Crippen LogP) is 2.50. The number of benzene rings is 1. The fourth-order valence-corrected chi connectivity index (χ4v) is 2.37. The highest BCUT2D eigenvalue weighted by Crippen LogP contribution is 2.30. The van der Waals surface area contributed by atoms with Crippen molar-refractivity contribution in [1.82, 2.24) is 4.98 Å². The maximum atomic E-state index is 12.1. The van der Waals surface area contributed by atoms with Crippen LogP contribution in [-0.4, -0.2) is 43.9 Å². The van der Waals surface area contributed by atoms with Crippen LogP contribution < -0.4 is 10.1 Å². The Labute approximate surface area is 140 Å². The SMILES string of the molecule is COc1ccc(-c2ccncc2)cc1NC(=O)CCOC1COC1. The number of anilines is 1. The lowest BCUT2D eigenvalue weighted by atomic mass is 10.1.